The van der Waals surface area contributed by atoms with Crippen LogP contribution >= 0.6 is 0 Å². The molecule has 1 aromatic heterocycles. The molecule has 0 amide bonds. The maximum atomic E-state index is 5.81. The van der Waals surface area contributed by atoms with Crippen LogP contribution in [0.1, 0.15) is 19.4 Å². The summed E-state index contributed by atoms with van der Waals surface area (Å²) < 4.78 is 7.51. The Morgan fingerprint density at radius 3 is 2.90 bits per heavy atom. The third kappa shape index (κ3) is 3.88. The first-order chi connectivity index (χ1) is 9.69. The van der Waals surface area contributed by atoms with Gasteiger partial charge in [-0.05, 0) is 18.1 Å². The lowest BCUT2D eigenvalue weighted by Crippen LogP contribution is -2.07. The van der Waals surface area contributed by atoms with E-state index in [9.17, 15) is 0 Å². The topological polar surface area (TPSA) is 39.1 Å². The molecule has 2 aromatic rings. The Morgan fingerprint density at radius 1 is 1.40 bits per heavy atom. The molecule has 2 rings (SSSR count). The lowest BCUT2D eigenvalue weighted by atomic mass is 10.2. The Hall–Kier alpha value is -2.23. The van der Waals surface area contributed by atoms with Crippen LogP contribution in [-0.2, 0) is 6.54 Å². The Bertz CT molecular complexity index is 560. The molecule has 1 aromatic carbocycles. The summed E-state index contributed by atoms with van der Waals surface area (Å²) in [5.41, 5.74) is 2.10. The van der Waals surface area contributed by atoms with E-state index >= 15 is 0 Å². The Morgan fingerprint density at radius 2 is 2.20 bits per heavy atom. The molecule has 106 valence electrons. The molecule has 0 radical (unpaired) electrons. The zero-order chi connectivity index (χ0) is 14.4. The minimum atomic E-state index is 0.508. The van der Waals surface area contributed by atoms with Crippen LogP contribution in [0, 0.1) is 5.92 Å². The average molecular weight is 271 g/mol. The van der Waals surface area contributed by atoms with Crippen molar-refractivity contribution in [1.29, 1.82) is 0 Å². The molecule has 0 unspecified atom stereocenters. The van der Waals surface area contributed by atoms with Gasteiger partial charge in [0.05, 0.1) is 18.5 Å². The molecule has 0 fully saturated rings. The summed E-state index contributed by atoms with van der Waals surface area (Å²) in [5, 5.41) is 7.53. The fraction of sp³-hybridized carbons (Fsp3) is 0.312. The number of hydrogen-bond donors (Lipinski definition) is 1. The van der Waals surface area contributed by atoms with E-state index in [2.05, 4.69) is 30.8 Å². The number of nitrogens with zero attached hydrogens (tertiary/aromatic N) is 2. The maximum Gasteiger partial charge on any atom is 0.142 e. The van der Waals surface area contributed by atoms with Crippen LogP contribution in [0.5, 0.6) is 5.75 Å². The van der Waals surface area contributed by atoms with Crippen LogP contribution < -0.4 is 10.1 Å². The first-order valence-corrected chi connectivity index (χ1v) is 6.80. The first kappa shape index (κ1) is 14.2. The molecular weight excluding hydrogens is 250 g/mol. The SMILES string of the molecule is C=Cn1cc(CNc2ccccc2OCC(C)C)cn1. The molecule has 0 aliphatic rings. The van der Waals surface area contributed by atoms with Crippen molar-refractivity contribution in [3.05, 3.63) is 48.8 Å². The van der Waals surface area contributed by atoms with Gasteiger partial charge in [0.1, 0.15) is 5.75 Å². The summed E-state index contributed by atoms with van der Waals surface area (Å²) in [7, 11) is 0. The minimum absolute atomic E-state index is 0.508. The van der Waals surface area contributed by atoms with Crippen LogP contribution in [0.4, 0.5) is 5.69 Å². The zero-order valence-electron chi connectivity index (χ0n) is 12.0. The molecule has 4 nitrogen and oxygen atoms in total. The maximum absolute atomic E-state index is 5.81. The lowest BCUT2D eigenvalue weighted by Gasteiger charge is -2.14. The van der Waals surface area contributed by atoms with Gasteiger partial charge in [-0.15, -0.1) is 0 Å². The predicted octanol–water partition coefficient (Wildman–Crippen LogP) is 3.63. The van der Waals surface area contributed by atoms with E-state index in [1.807, 2.05) is 36.7 Å². The van der Waals surface area contributed by atoms with E-state index in [0.717, 1.165) is 17.0 Å². The number of aromatic nitrogens is 2. The van der Waals surface area contributed by atoms with Crippen molar-refractivity contribution >= 4 is 11.9 Å². The number of hydrogen-bond acceptors (Lipinski definition) is 3. The van der Waals surface area contributed by atoms with Gasteiger partial charge in [0.2, 0.25) is 0 Å². The smallest absolute Gasteiger partial charge is 0.142 e. The molecule has 0 aliphatic heterocycles. The standard InChI is InChI=1S/C16H21N3O/c1-4-19-11-14(10-18-19)9-17-15-7-5-6-8-16(15)20-12-13(2)3/h4-8,10-11,13,17H,1,9,12H2,2-3H3. The average Bonchev–Trinajstić information content (AvgIpc) is 2.91. The van der Waals surface area contributed by atoms with E-state index in [0.29, 0.717) is 19.1 Å². The molecule has 0 aliphatic carbocycles. The number of rotatable bonds is 7. The van der Waals surface area contributed by atoms with Crippen molar-refractivity contribution in [2.24, 2.45) is 5.92 Å². The van der Waals surface area contributed by atoms with Gasteiger partial charge >= 0.3 is 0 Å². The molecule has 1 heterocycles. The third-order valence-corrected chi connectivity index (χ3v) is 2.78. The van der Waals surface area contributed by atoms with E-state index < -0.39 is 0 Å². The Balaban J connectivity index is 1.99. The number of para-hydroxylation sites is 2. The van der Waals surface area contributed by atoms with Crippen molar-refractivity contribution in [2.75, 3.05) is 11.9 Å². The van der Waals surface area contributed by atoms with Gasteiger partial charge in [0.25, 0.3) is 0 Å². The van der Waals surface area contributed by atoms with Crippen molar-refractivity contribution in [2.45, 2.75) is 20.4 Å². The van der Waals surface area contributed by atoms with Crippen LogP contribution in [0.15, 0.2) is 43.2 Å². The molecule has 4 heteroatoms. The summed E-state index contributed by atoms with van der Waals surface area (Å²) in [4.78, 5) is 0. The summed E-state index contributed by atoms with van der Waals surface area (Å²) in [6.45, 7) is 9.37. The van der Waals surface area contributed by atoms with Crippen molar-refractivity contribution in [1.82, 2.24) is 9.78 Å². The molecule has 20 heavy (non-hydrogen) atoms. The minimum Gasteiger partial charge on any atom is -0.491 e. The molecule has 0 atom stereocenters. The number of benzene rings is 1. The van der Waals surface area contributed by atoms with Crippen LogP contribution in [0.2, 0.25) is 0 Å². The Kier molecular flexibility index (Phi) is 4.82. The zero-order valence-corrected chi connectivity index (χ0v) is 12.0. The fourth-order valence-corrected chi connectivity index (χ4v) is 1.76. The van der Waals surface area contributed by atoms with Crippen molar-refractivity contribution in [3.8, 4) is 5.75 Å². The van der Waals surface area contributed by atoms with Crippen molar-refractivity contribution in [3.63, 3.8) is 0 Å². The molecule has 0 saturated carbocycles. The van der Waals surface area contributed by atoms with Gasteiger partial charge in [-0.3, -0.25) is 0 Å². The predicted molar refractivity (Wildman–Crippen MR) is 82.7 cm³/mol. The molecule has 0 saturated heterocycles. The summed E-state index contributed by atoms with van der Waals surface area (Å²) in [6.07, 6.45) is 5.44. The molecule has 0 bridgehead atoms. The van der Waals surface area contributed by atoms with Gasteiger partial charge < -0.3 is 10.1 Å². The highest BCUT2D eigenvalue weighted by molar-refractivity contribution is 5.56. The van der Waals surface area contributed by atoms with Gasteiger partial charge in [0, 0.05) is 24.5 Å². The second-order valence-corrected chi connectivity index (χ2v) is 5.07. The summed E-state index contributed by atoms with van der Waals surface area (Å²) >= 11 is 0. The van der Waals surface area contributed by atoms with E-state index in [-0.39, 0.29) is 0 Å². The number of nitrogens with one attached hydrogen (secondary N) is 1. The van der Waals surface area contributed by atoms with E-state index in [4.69, 9.17) is 4.74 Å². The van der Waals surface area contributed by atoms with Crippen molar-refractivity contribution < 1.29 is 4.74 Å². The summed E-state index contributed by atoms with van der Waals surface area (Å²) in [6, 6.07) is 7.99. The van der Waals surface area contributed by atoms with Gasteiger partial charge in [0.15, 0.2) is 0 Å². The molecule has 0 spiro atoms. The highest BCUT2D eigenvalue weighted by Crippen LogP contribution is 2.24. The monoisotopic (exact) mass is 271 g/mol. The highest BCUT2D eigenvalue weighted by Gasteiger charge is 2.04. The molecule has 1 N–H and O–H groups in total. The lowest BCUT2D eigenvalue weighted by molar-refractivity contribution is 0.272. The highest BCUT2D eigenvalue weighted by atomic mass is 16.5. The van der Waals surface area contributed by atoms with Crippen LogP contribution in [0.25, 0.3) is 6.20 Å². The number of anilines is 1. The number of ether oxygens (including phenoxy) is 1. The normalized spacial score (nSPS) is 10.6. The van der Waals surface area contributed by atoms with Crippen LogP contribution in [0.3, 0.4) is 0 Å². The third-order valence-electron chi connectivity index (χ3n) is 2.78. The largest absolute Gasteiger partial charge is 0.491 e. The van der Waals surface area contributed by atoms with Gasteiger partial charge in [-0.25, -0.2) is 4.68 Å². The van der Waals surface area contributed by atoms with Gasteiger partial charge in [-0.2, -0.15) is 5.10 Å². The second-order valence-electron chi connectivity index (χ2n) is 5.07. The summed E-state index contributed by atoms with van der Waals surface area (Å²) in [5.74, 6) is 1.39. The second kappa shape index (κ2) is 6.80. The van der Waals surface area contributed by atoms with Gasteiger partial charge in [-0.1, -0.05) is 32.6 Å². The van der Waals surface area contributed by atoms with E-state index in [1.54, 1.807) is 10.9 Å². The van der Waals surface area contributed by atoms with E-state index in [1.165, 1.54) is 0 Å². The fourth-order valence-electron chi connectivity index (χ4n) is 1.76. The van der Waals surface area contributed by atoms with Crippen LogP contribution in [-0.4, -0.2) is 16.4 Å². The Labute approximate surface area is 120 Å². The quantitative estimate of drug-likeness (QED) is 0.835. The first-order valence-electron chi connectivity index (χ1n) is 6.80. The molecular formula is C16H21N3O.